The summed E-state index contributed by atoms with van der Waals surface area (Å²) in [4.78, 5) is 0. The van der Waals surface area contributed by atoms with Crippen LogP contribution in [0.15, 0.2) is 36.5 Å². The molecular formula is C18H24N4. The normalized spacial score (nSPS) is 31.1. The molecule has 2 aliphatic rings. The fourth-order valence-electron chi connectivity index (χ4n) is 3.66. The average molecular weight is 296 g/mol. The molecule has 2 aromatic rings. The topological polar surface area (TPSA) is 66.7 Å². The van der Waals surface area contributed by atoms with Crippen LogP contribution in [0.25, 0.3) is 11.3 Å². The summed E-state index contributed by atoms with van der Waals surface area (Å²) in [6.07, 6.45) is 7.89. The quantitative estimate of drug-likeness (QED) is 0.813. The number of nitrogens with one attached hydrogen (secondary N) is 2. The van der Waals surface area contributed by atoms with E-state index in [0.29, 0.717) is 24.0 Å². The maximum absolute atomic E-state index is 5.98. The number of nitrogens with zero attached hydrogens (tertiary/aromatic N) is 1. The zero-order chi connectivity index (χ0) is 14.9. The second-order valence-corrected chi connectivity index (χ2v) is 6.82. The van der Waals surface area contributed by atoms with Crippen molar-refractivity contribution in [2.45, 2.75) is 56.1 Å². The summed E-state index contributed by atoms with van der Waals surface area (Å²) in [5, 5.41) is 10.9. The number of hydrogen-bond donors (Lipinski definition) is 3. The molecule has 4 heteroatoms. The zero-order valence-corrected chi connectivity index (χ0v) is 12.8. The van der Waals surface area contributed by atoms with Crippen LogP contribution in [0, 0.1) is 0 Å². The lowest BCUT2D eigenvalue weighted by Gasteiger charge is -2.27. The van der Waals surface area contributed by atoms with Gasteiger partial charge in [-0.15, -0.1) is 0 Å². The van der Waals surface area contributed by atoms with Crippen molar-refractivity contribution < 1.29 is 0 Å². The molecule has 2 fully saturated rings. The second-order valence-electron chi connectivity index (χ2n) is 6.82. The summed E-state index contributed by atoms with van der Waals surface area (Å²) in [6, 6.07) is 12.7. The van der Waals surface area contributed by atoms with E-state index in [0.717, 1.165) is 5.69 Å². The van der Waals surface area contributed by atoms with Crippen LogP contribution >= 0.6 is 0 Å². The van der Waals surface area contributed by atoms with Crippen molar-refractivity contribution in [1.29, 1.82) is 0 Å². The highest BCUT2D eigenvalue weighted by molar-refractivity contribution is 5.59. The number of hydrogen-bond acceptors (Lipinski definition) is 3. The maximum Gasteiger partial charge on any atom is 0.0650 e. The highest BCUT2D eigenvalue weighted by Crippen LogP contribution is 2.42. The molecule has 0 bridgehead atoms. The number of aromatic nitrogens is 2. The molecule has 4 rings (SSSR count). The van der Waals surface area contributed by atoms with E-state index in [4.69, 9.17) is 5.73 Å². The third-order valence-electron chi connectivity index (χ3n) is 5.16. The lowest BCUT2D eigenvalue weighted by atomic mass is 9.92. The third-order valence-corrected chi connectivity index (χ3v) is 5.16. The van der Waals surface area contributed by atoms with Gasteiger partial charge in [0.15, 0.2) is 0 Å². The van der Waals surface area contributed by atoms with E-state index in [1.54, 1.807) is 6.20 Å². The first-order chi connectivity index (χ1) is 10.8. The number of H-pyrrole nitrogens is 1. The molecule has 22 heavy (non-hydrogen) atoms. The zero-order valence-electron chi connectivity index (χ0n) is 12.8. The number of aromatic amines is 1. The first kappa shape index (κ1) is 14.0. The van der Waals surface area contributed by atoms with Crippen LogP contribution in [0.3, 0.4) is 0 Å². The van der Waals surface area contributed by atoms with E-state index in [1.165, 1.54) is 43.2 Å². The van der Waals surface area contributed by atoms with Crippen molar-refractivity contribution in [3.8, 4) is 11.3 Å². The molecule has 1 aromatic carbocycles. The van der Waals surface area contributed by atoms with Crippen LogP contribution in [-0.4, -0.2) is 28.3 Å². The Morgan fingerprint density at radius 2 is 1.82 bits per heavy atom. The standard InChI is InChI=1S/C18H24N4/c19-14-5-7-15(8-6-14)21-18-11-16(18)12-1-3-13(4-2-12)17-9-10-20-22-17/h1-4,9-10,14-16,18,21H,5-8,11,19H2,(H,20,22)/t14-,15+,16-,18+/m0/s1. The van der Waals surface area contributed by atoms with E-state index < -0.39 is 0 Å². The van der Waals surface area contributed by atoms with Crippen LogP contribution in [0.4, 0.5) is 0 Å². The average Bonchev–Trinajstić information content (AvgIpc) is 3.09. The number of rotatable bonds is 4. The van der Waals surface area contributed by atoms with Crippen molar-refractivity contribution in [3.05, 3.63) is 42.1 Å². The molecule has 0 spiro atoms. The Hall–Kier alpha value is -1.65. The van der Waals surface area contributed by atoms with Crippen molar-refractivity contribution >= 4 is 0 Å². The predicted molar refractivity (Wildman–Crippen MR) is 88.5 cm³/mol. The molecule has 2 atom stereocenters. The van der Waals surface area contributed by atoms with Gasteiger partial charge in [0, 0.05) is 30.2 Å². The molecule has 1 aromatic heterocycles. The van der Waals surface area contributed by atoms with Gasteiger partial charge >= 0.3 is 0 Å². The van der Waals surface area contributed by atoms with Gasteiger partial charge in [-0.2, -0.15) is 5.10 Å². The summed E-state index contributed by atoms with van der Waals surface area (Å²) >= 11 is 0. The van der Waals surface area contributed by atoms with E-state index in [2.05, 4.69) is 39.8 Å². The van der Waals surface area contributed by atoms with Gasteiger partial charge in [-0.25, -0.2) is 0 Å². The molecular weight excluding hydrogens is 272 g/mol. The highest BCUT2D eigenvalue weighted by Gasteiger charge is 2.39. The Balaban J connectivity index is 1.34. The molecule has 116 valence electrons. The second kappa shape index (κ2) is 5.86. The fraction of sp³-hybridized carbons (Fsp3) is 0.500. The Kier molecular flexibility index (Phi) is 3.72. The third kappa shape index (κ3) is 2.94. The molecule has 0 amide bonds. The Labute approximate surface area is 131 Å². The molecule has 4 N–H and O–H groups in total. The van der Waals surface area contributed by atoms with Crippen molar-refractivity contribution in [2.75, 3.05) is 0 Å². The van der Waals surface area contributed by atoms with E-state index >= 15 is 0 Å². The van der Waals surface area contributed by atoms with Crippen molar-refractivity contribution in [3.63, 3.8) is 0 Å². The Bertz CT molecular complexity index is 597. The van der Waals surface area contributed by atoms with Crippen molar-refractivity contribution in [1.82, 2.24) is 15.5 Å². The fourth-order valence-corrected chi connectivity index (χ4v) is 3.66. The summed E-state index contributed by atoms with van der Waals surface area (Å²) < 4.78 is 0. The molecule has 0 unspecified atom stereocenters. The minimum absolute atomic E-state index is 0.433. The van der Waals surface area contributed by atoms with Crippen LogP contribution in [0.2, 0.25) is 0 Å². The van der Waals surface area contributed by atoms with Crippen LogP contribution in [0.1, 0.15) is 43.6 Å². The number of benzene rings is 1. The molecule has 0 radical (unpaired) electrons. The van der Waals surface area contributed by atoms with Gasteiger partial charge in [0.1, 0.15) is 0 Å². The molecule has 4 nitrogen and oxygen atoms in total. The first-order valence-electron chi connectivity index (χ1n) is 8.41. The van der Waals surface area contributed by atoms with Crippen molar-refractivity contribution in [2.24, 2.45) is 5.73 Å². The van der Waals surface area contributed by atoms with Gasteiger partial charge in [0.2, 0.25) is 0 Å². The predicted octanol–water partition coefficient (Wildman–Crippen LogP) is 2.79. The van der Waals surface area contributed by atoms with E-state index in [-0.39, 0.29) is 0 Å². The minimum atomic E-state index is 0.433. The van der Waals surface area contributed by atoms with Crippen LogP contribution in [0.5, 0.6) is 0 Å². The molecule has 0 aliphatic heterocycles. The monoisotopic (exact) mass is 296 g/mol. The Morgan fingerprint density at radius 3 is 2.50 bits per heavy atom. The van der Waals surface area contributed by atoms with Gasteiger partial charge in [-0.1, -0.05) is 24.3 Å². The summed E-state index contributed by atoms with van der Waals surface area (Å²) in [5.74, 6) is 0.686. The van der Waals surface area contributed by atoms with Crippen LogP contribution in [-0.2, 0) is 0 Å². The summed E-state index contributed by atoms with van der Waals surface area (Å²) in [7, 11) is 0. The lowest BCUT2D eigenvalue weighted by molar-refractivity contribution is 0.339. The molecule has 1 heterocycles. The smallest absolute Gasteiger partial charge is 0.0650 e. The number of nitrogens with two attached hydrogens (primary N) is 1. The maximum atomic E-state index is 5.98. The minimum Gasteiger partial charge on any atom is -0.328 e. The van der Waals surface area contributed by atoms with Gasteiger partial charge in [0.25, 0.3) is 0 Å². The summed E-state index contributed by atoms with van der Waals surface area (Å²) in [5.41, 5.74) is 9.71. The lowest BCUT2D eigenvalue weighted by Crippen LogP contribution is -2.38. The summed E-state index contributed by atoms with van der Waals surface area (Å²) in [6.45, 7) is 0. The van der Waals surface area contributed by atoms with Gasteiger partial charge < -0.3 is 11.1 Å². The first-order valence-corrected chi connectivity index (χ1v) is 8.41. The van der Waals surface area contributed by atoms with E-state index in [1.807, 2.05) is 6.07 Å². The highest BCUT2D eigenvalue weighted by atomic mass is 15.1. The van der Waals surface area contributed by atoms with Gasteiger partial charge in [0.05, 0.1) is 5.69 Å². The van der Waals surface area contributed by atoms with Crippen LogP contribution < -0.4 is 11.1 Å². The largest absolute Gasteiger partial charge is 0.328 e. The Morgan fingerprint density at radius 1 is 1.05 bits per heavy atom. The SMILES string of the molecule is N[C@H]1CC[C@@H](N[C@@H]2C[C@H]2c2ccc(-c3ccn[nH]3)cc2)CC1. The molecule has 2 saturated carbocycles. The molecule has 2 aliphatic carbocycles. The van der Waals surface area contributed by atoms with Gasteiger partial charge in [-0.05, 0) is 49.3 Å². The van der Waals surface area contributed by atoms with Gasteiger partial charge in [-0.3, -0.25) is 5.10 Å². The van der Waals surface area contributed by atoms with E-state index in [9.17, 15) is 0 Å². The molecule has 0 saturated heterocycles.